The van der Waals surface area contributed by atoms with Crippen LogP contribution in [0.4, 0.5) is 17.8 Å². The highest BCUT2D eigenvalue weighted by molar-refractivity contribution is 7.99. The molecule has 7 nitrogen and oxygen atoms in total. The number of anilines is 3. The van der Waals surface area contributed by atoms with Gasteiger partial charge in [0.2, 0.25) is 17.8 Å². The molecule has 2 rings (SSSR count). The largest absolute Gasteiger partial charge is 0.353 e. The lowest BCUT2D eigenvalue weighted by Gasteiger charge is -2.21. The fraction of sp³-hybridized carbons (Fsp3) is 0.727. The van der Waals surface area contributed by atoms with E-state index < -0.39 is 0 Å². The van der Waals surface area contributed by atoms with Crippen molar-refractivity contribution in [1.82, 2.24) is 15.0 Å². The van der Waals surface area contributed by atoms with E-state index in [1.165, 1.54) is 25.0 Å². The molecule has 1 aliphatic heterocycles. The van der Waals surface area contributed by atoms with Crippen LogP contribution < -0.4 is 21.5 Å². The summed E-state index contributed by atoms with van der Waals surface area (Å²) in [4.78, 5) is 14.6. The van der Waals surface area contributed by atoms with Crippen LogP contribution in [0.2, 0.25) is 0 Å². The Bertz CT molecular complexity index is 406. The van der Waals surface area contributed by atoms with Crippen molar-refractivity contribution >= 4 is 29.6 Å². The number of hydrogen-bond donors (Lipinski definition) is 3. The molecule has 2 heterocycles. The van der Waals surface area contributed by atoms with Crippen molar-refractivity contribution in [2.45, 2.75) is 24.5 Å². The van der Waals surface area contributed by atoms with Gasteiger partial charge < -0.3 is 10.2 Å². The molecule has 1 aliphatic rings. The molecular weight excluding hydrogens is 262 g/mol. The smallest absolute Gasteiger partial charge is 0.243 e. The van der Waals surface area contributed by atoms with Crippen molar-refractivity contribution in [2.24, 2.45) is 5.84 Å². The quantitative estimate of drug-likeness (QED) is 0.543. The molecule has 0 spiro atoms. The number of hydrogen-bond acceptors (Lipinski definition) is 8. The van der Waals surface area contributed by atoms with E-state index in [0.717, 1.165) is 6.54 Å². The van der Waals surface area contributed by atoms with Crippen molar-refractivity contribution in [1.29, 1.82) is 0 Å². The van der Waals surface area contributed by atoms with Crippen LogP contribution in [0.1, 0.15) is 19.3 Å². The van der Waals surface area contributed by atoms with Gasteiger partial charge in [0, 0.05) is 25.9 Å². The molecule has 0 amide bonds. The summed E-state index contributed by atoms with van der Waals surface area (Å²) in [6.45, 7) is 0.881. The Morgan fingerprint density at radius 3 is 2.68 bits per heavy atom. The number of aromatic nitrogens is 3. The summed E-state index contributed by atoms with van der Waals surface area (Å²) in [5.41, 5.74) is 2.47. The number of hydrazine groups is 1. The Labute approximate surface area is 117 Å². The van der Waals surface area contributed by atoms with Gasteiger partial charge in [-0.2, -0.15) is 26.7 Å². The fourth-order valence-electron chi connectivity index (χ4n) is 1.88. The van der Waals surface area contributed by atoms with Crippen molar-refractivity contribution in [3.05, 3.63) is 0 Å². The lowest BCUT2D eigenvalue weighted by molar-refractivity contribution is 0.676. The van der Waals surface area contributed by atoms with E-state index in [1.54, 1.807) is 0 Å². The van der Waals surface area contributed by atoms with Crippen LogP contribution >= 0.6 is 11.8 Å². The fourth-order valence-corrected chi connectivity index (χ4v) is 3.12. The molecule has 0 radical (unpaired) electrons. The number of thioether (sulfide) groups is 1. The summed E-state index contributed by atoms with van der Waals surface area (Å²) in [5.74, 6) is 8.15. The molecule has 19 heavy (non-hydrogen) atoms. The zero-order chi connectivity index (χ0) is 13.7. The van der Waals surface area contributed by atoms with Crippen molar-refractivity contribution in [2.75, 3.05) is 42.0 Å². The molecule has 0 bridgehead atoms. The monoisotopic (exact) mass is 283 g/mol. The molecule has 4 N–H and O–H groups in total. The first-order valence-electron chi connectivity index (χ1n) is 6.44. The third kappa shape index (κ3) is 4.10. The maximum Gasteiger partial charge on any atom is 0.243 e. The third-order valence-electron chi connectivity index (χ3n) is 2.91. The minimum Gasteiger partial charge on any atom is -0.353 e. The Balaban J connectivity index is 2.00. The molecule has 106 valence electrons. The van der Waals surface area contributed by atoms with Gasteiger partial charge in [-0.3, -0.25) is 5.43 Å². The van der Waals surface area contributed by atoms with Crippen molar-refractivity contribution in [3.63, 3.8) is 0 Å². The van der Waals surface area contributed by atoms with Gasteiger partial charge in [0.15, 0.2) is 0 Å². The second-order valence-electron chi connectivity index (χ2n) is 4.69. The van der Waals surface area contributed by atoms with Crippen LogP contribution in [0.3, 0.4) is 0 Å². The summed E-state index contributed by atoms with van der Waals surface area (Å²) >= 11 is 2.02. The van der Waals surface area contributed by atoms with Gasteiger partial charge >= 0.3 is 0 Å². The molecule has 8 heteroatoms. The Morgan fingerprint density at radius 1 is 1.26 bits per heavy atom. The van der Waals surface area contributed by atoms with Gasteiger partial charge in [-0.25, -0.2) is 5.84 Å². The van der Waals surface area contributed by atoms with E-state index in [-0.39, 0.29) is 0 Å². The SMILES string of the molecule is CN(C)c1nc(NN)nc(NCC2CCCCS2)n1. The van der Waals surface area contributed by atoms with Crippen LogP contribution in [-0.2, 0) is 0 Å². The highest BCUT2D eigenvalue weighted by Crippen LogP contribution is 2.25. The topological polar surface area (TPSA) is 92.0 Å². The standard InChI is InChI=1S/C11H21N7S/c1-18(2)11-15-9(14-10(16-11)17-12)13-7-8-5-3-4-6-19-8/h8H,3-7,12H2,1-2H3,(H2,13,14,15,16,17). The maximum absolute atomic E-state index is 5.37. The zero-order valence-corrected chi connectivity index (χ0v) is 12.2. The predicted octanol–water partition coefficient (Wildman–Crippen LogP) is 0.921. The predicted molar refractivity (Wildman–Crippen MR) is 80.6 cm³/mol. The molecule has 1 saturated heterocycles. The van der Waals surface area contributed by atoms with Crippen LogP contribution in [0.5, 0.6) is 0 Å². The molecule has 1 atom stereocenters. The summed E-state index contributed by atoms with van der Waals surface area (Å²) in [6.07, 6.45) is 3.90. The van der Waals surface area contributed by atoms with Crippen LogP contribution in [-0.4, -0.2) is 46.6 Å². The first-order chi connectivity index (χ1) is 9.19. The van der Waals surface area contributed by atoms with Gasteiger partial charge in [-0.1, -0.05) is 6.42 Å². The third-order valence-corrected chi connectivity index (χ3v) is 4.31. The molecule has 1 fully saturated rings. The van der Waals surface area contributed by atoms with Crippen molar-refractivity contribution in [3.8, 4) is 0 Å². The number of nitrogens with zero attached hydrogens (tertiary/aromatic N) is 4. The molecule has 0 saturated carbocycles. The van der Waals surface area contributed by atoms with Crippen LogP contribution in [0.25, 0.3) is 0 Å². The van der Waals surface area contributed by atoms with Crippen molar-refractivity contribution < 1.29 is 0 Å². The number of nitrogens with one attached hydrogen (secondary N) is 2. The number of nitrogen functional groups attached to an aromatic ring is 1. The Hall–Kier alpha value is -1.28. The Kier molecular flexibility index (Phi) is 5.03. The summed E-state index contributed by atoms with van der Waals surface area (Å²) < 4.78 is 0. The second kappa shape index (κ2) is 6.76. The minimum atomic E-state index is 0.373. The Morgan fingerprint density at radius 2 is 2.05 bits per heavy atom. The average molecular weight is 283 g/mol. The molecule has 1 aromatic rings. The normalized spacial score (nSPS) is 19.0. The van der Waals surface area contributed by atoms with E-state index in [2.05, 4.69) is 25.7 Å². The van der Waals surface area contributed by atoms with Gasteiger partial charge in [-0.05, 0) is 18.6 Å². The first kappa shape index (κ1) is 14.1. The van der Waals surface area contributed by atoms with Gasteiger partial charge in [0.1, 0.15) is 0 Å². The second-order valence-corrected chi connectivity index (χ2v) is 6.10. The van der Waals surface area contributed by atoms with E-state index in [1.807, 2.05) is 30.8 Å². The van der Waals surface area contributed by atoms with Gasteiger partial charge in [0.05, 0.1) is 0 Å². The summed E-state index contributed by atoms with van der Waals surface area (Å²) in [6, 6.07) is 0. The van der Waals surface area contributed by atoms with E-state index >= 15 is 0 Å². The van der Waals surface area contributed by atoms with E-state index in [0.29, 0.717) is 23.1 Å². The summed E-state index contributed by atoms with van der Waals surface area (Å²) in [7, 11) is 3.77. The number of nitrogens with two attached hydrogens (primary N) is 1. The summed E-state index contributed by atoms with van der Waals surface area (Å²) in [5, 5.41) is 3.92. The highest BCUT2D eigenvalue weighted by Gasteiger charge is 2.14. The van der Waals surface area contributed by atoms with E-state index in [9.17, 15) is 0 Å². The molecule has 1 unspecified atom stereocenters. The first-order valence-corrected chi connectivity index (χ1v) is 7.49. The van der Waals surface area contributed by atoms with Gasteiger partial charge in [-0.15, -0.1) is 0 Å². The van der Waals surface area contributed by atoms with Crippen LogP contribution in [0.15, 0.2) is 0 Å². The zero-order valence-electron chi connectivity index (χ0n) is 11.4. The molecular formula is C11H21N7S. The molecule has 0 aliphatic carbocycles. The molecule has 1 aromatic heterocycles. The molecule has 0 aromatic carbocycles. The highest BCUT2D eigenvalue weighted by atomic mass is 32.2. The average Bonchev–Trinajstić information content (AvgIpc) is 2.45. The van der Waals surface area contributed by atoms with E-state index in [4.69, 9.17) is 5.84 Å². The van der Waals surface area contributed by atoms with Gasteiger partial charge in [0.25, 0.3) is 0 Å². The lowest BCUT2D eigenvalue weighted by Crippen LogP contribution is -2.23. The number of rotatable bonds is 5. The lowest BCUT2D eigenvalue weighted by atomic mass is 10.2. The van der Waals surface area contributed by atoms with Crippen LogP contribution in [0, 0.1) is 0 Å². The minimum absolute atomic E-state index is 0.373. The maximum atomic E-state index is 5.37.